The fourth-order valence-corrected chi connectivity index (χ4v) is 2.01. The Morgan fingerprint density at radius 1 is 1.67 bits per heavy atom. The van der Waals surface area contributed by atoms with Crippen LogP contribution in [0.4, 0.5) is 5.82 Å². The van der Waals surface area contributed by atoms with Gasteiger partial charge in [0.25, 0.3) is 0 Å². The fraction of sp³-hybridized carbons (Fsp3) is 0.600. The van der Waals surface area contributed by atoms with Gasteiger partial charge >= 0.3 is 0 Å². The Balaban J connectivity index is 1.97. The van der Waals surface area contributed by atoms with Crippen molar-refractivity contribution in [2.45, 2.75) is 25.3 Å². The number of aryl methyl sites for hydroxylation is 1. The highest BCUT2D eigenvalue weighted by atomic mass is 16.2. The van der Waals surface area contributed by atoms with Crippen molar-refractivity contribution in [3.63, 3.8) is 0 Å². The van der Waals surface area contributed by atoms with Crippen molar-refractivity contribution in [2.75, 3.05) is 5.32 Å². The van der Waals surface area contributed by atoms with Crippen molar-refractivity contribution in [2.24, 2.45) is 18.7 Å². The third kappa shape index (κ3) is 2.18. The second-order valence-corrected chi connectivity index (χ2v) is 4.07. The summed E-state index contributed by atoms with van der Waals surface area (Å²) in [5.41, 5.74) is 5.85. The van der Waals surface area contributed by atoms with Crippen LogP contribution in [0.2, 0.25) is 0 Å². The number of aromatic nitrogens is 2. The van der Waals surface area contributed by atoms with Crippen molar-refractivity contribution >= 4 is 11.7 Å². The van der Waals surface area contributed by atoms with Gasteiger partial charge in [-0.25, -0.2) is 0 Å². The van der Waals surface area contributed by atoms with Crippen molar-refractivity contribution < 1.29 is 4.79 Å². The third-order valence-electron chi connectivity index (χ3n) is 2.87. The molecule has 1 aromatic heterocycles. The maximum Gasteiger partial charge on any atom is 0.230 e. The van der Waals surface area contributed by atoms with E-state index in [1.165, 1.54) is 0 Å². The van der Waals surface area contributed by atoms with Crippen LogP contribution in [0.3, 0.4) is 0 Å². The average Bonchev–Trinajstić information content (AvgIpc) is 2.75. The standard InChI is InChI=1S/C10H16N4O/c1-14-6-5-9(13-14)12-10(15)7-3-2-4-8(7)11/h5-8H,2-4,11H2,1H3,(H,12,13,15). The fourth-order valence-electron chi connectivity index (χ4n) is 2.01. The first kappa shape index (κ1) is 10.2. The summed E-state index contributed by atoms with van der Waals surface area (Å²) in [6.07, 6.45) is 4.67. The van der Waals surface area contributed by atoms with E-state index in [0.29, 0.717) is 5.82 Å². The minimum absolute atomic E-state index is 0.00120. The lowest BCUT2D eigenvalue weighted by Gasteiger charge is -2.13. The Kier molecular flexibility index (Phi) is 2.73. The summed E-state index contributed by atoms with van der Waals surface area (Å²) in [6.45, 7) is 0. The molecular weight excluding hydrogens is 192 g/mol. The second kappa shape index (κ2) is 4.02. The zero-order valence-corrected chi connectivity index (χ0v) is 8.81. The SMILES string of the molecule is Cn1ccc(NC(=O)C2CCCC2N)n1. The number of amides is 1. The van der Waals surface area contributed by atoms with Crippen LogP contribution in [0.1, 0.15) is 19.3 Å². The Morgan fingerprint density at radius 2 is 2.47 bits per heavy atom. The van der Waals surface area contributed by atoms with Gasteiger partial charge in [-0.05, 0) is 12.8 Å². The lowest BCUT2D eigenvalue weighted by Crippen LogP contribution is -2.34. The van der Waals surface area contributed by atoms with Gasteiger partial charge in [0.1, 0.15) is 0 Å². The number of nitrogens with two attached hydrogens (primary N) is 1. The maximum absolute atomic E-state index is 11.8. The molecule has 1 heterocycles. The number of hydrogen-bond acceptors (Lipinski definition) is 3. The van der Waals surface area contributed by atoms with Crippen LogP contribution in [-0.2, 0) is 11.8 Å². The molecule has 1 aliphatic rings. The molecule has 0 saturated heterocycles. The van der Waals surface area contributed by atoms with Crippen molar-refractivity contribution in [1.29, 1.82) is 0 Å². The van der Waals surface area contributed by atoms with Crippen molar-refractivity contribution in [1.82, 2.24) is 9.78 Å². The number of hydrogen-bond donors (Lipinski definition) is 2. The zero-order valence-electron chi connectivity index (χ0n) is 8.81. The molecule has 1 aromatic rings. The summed E-state index contributed by atoms with van der Waals surface area (Å²) in [5, 5.41) is 6.88. The van der Waals surface area contributed by atoms with Crippen LogP contribution in [-0.4, -0.2) is 21.7 Å². The van der Waals surface area contributed by atoms with E-state index in [1.54, 1.807) is 16.9 Å². The maximum atomic E-state index is 11.8. The predicted molar refractivity (Wildman–Crippen MR) is 57.2 cm³/mol. The molecule has 0 spiro atoms. The van der Waals surface area contributed by atoms with Gasteiger partial charge in [-0.2, -0.15) is 5.10 Å². The summed E-state index contributed by atoms with van der Waals surface area (Å²) in [6, 6.07) is 1.78. The van der Waals surface area contributed by atoms with Gasteiger partial charge in [0.05, 0.1) is 5.92 Å². The summed E-state index contributed by atoms with van der Waals surface area (Å²) >= 11 is 0. The van der Waals surface area contributed by atoms with E-state index < -0.39 is 0 Å². The Labute approximate surface area is 88.6 Å². The van der Waals surface area contributed by atoms with Crippen LogP contribution in [0, 0.1) is 5.92 Å². The van der Waals surface area contributed by atoms with Gasteiger partial charge < -0.3 is 11.1 Å². The topological polar surface area (TPSA) is 72.9 Å². The summed E-state index contributed by atoms with van der Waals surface area (Å²) in [4.78, 5) is 11.8. The highest BCUT2D eigenvalue weighted by Gasteiger charge is 2.30. The highest BCUT2D eigenvalue weighted by Crippen LogP contribution is 2.24. The van der Waals surface area contributed by atoms with Gasteiger partial charge in [-0.1, -0.05) is 6.42 Å². The van der Waals surface area contributed by atoms with Gasteiger partial charge in [-0.3, -0.25) is 9.48 Å². The van der Waals surface area contributed by atoms with Gasteiger partial charge in [-0.15, -0.1) is 0 Å². The van der Waals surface area contributed by atoms with E-state index in [9.17, 15) is 4.79 Å². The molecule has 2 unspecified atom stereocenters. The number of carbonyl (C=O) groups is 1. The lowest BCUT2D eigenvalue weighted by molar-refractivity contribution is -0.120. The Bertz CT molecular complexity index is 360. The van der Waals surface area contributed by atoms with Gasteiger partial charge in [0, 0.05) is 25.4 Å². The van der Waals surface area contributed by atoms with E-state index in [0.717, 1.165) is 19.3 Å². The van der Waals surface area contributed by atoms with Gasteiger partial charge in [0.15, 0.2) is 5.82 Å². The quantitative estimate of drug-likeness (QED) is 0.742. The Morgan fingerprint density at radius 3 is 3.00 bits per heavy atom. The second-order valence-electron chi connectivity index (χ2n) is 4.07. The number of anilines is 1. The number of nitrogens with one attached hydrogen (secondary N) is 1. The van der Waals surface area contributed by atoms with E-state index in [4.69, 9.17) is 5.73 Å². The largest absolute Gasteiger partial charge is 0.327 e. The third-order valence-corrected chi connectivity index (χ3v) is 2.87. The molecular formula is C10H16N4O. The first-order chi connectivity index (χ1) is 7.16. The van der Waals surface area contributed by atoms with E-state index >= 15 is 0 Å². The first-order valence-corrected chi connectivity index (χ1v) is 5.23. The normalized spacial score (nSPS) is 25.5. The molecule has 1 aliphatic carbocycles. The van der Waals surface area contributed by atoms with Crippen LogP contribution in [0.25, 0.3) is 0 Å². The highest BCUT2D eigenvalue weighted by molar-refractivity contribution is 5.92. The van der Waals surface area contributed by atoms with Crippen LogP contribution in [0.15, 0.2) is 12.3 Å². The molecule has 2 atom stereocenters. The average molecular weight is 208 g/mol. The minimum atomic E-state index is -0.0491. The van der Waals surface area contributed by atoms with E-state index in [-0.39, 0.29) is 17.9 Å². The molecule has 15 heavy (non-hydrogen) atoms. The summed E-state index contributed by atoms with van der Waals surface area (Å²) in [5.74, 6) is 0.548. The molecule has 3 N–H and O–H groups in total. The molecule has 82 valence electrons. The number of carbonyl (C=O) groups excluding carboxylic acids is 1. The molecule has 0 aromatic carbocycles. The first-order valence-electron chi connectivity index (χ1n) is 5.23. The van der Waals surface area contributed by atoms with E-state index in [2.05, 4.69) is 10.4 Å². The number of nitrogens with zero attached hydrogens (tertiary/aromatic N) is 2. The van der Waals surface area contributed by atoms with Crippen molar-refractivity contribution in [3.05, 3.63) is 12.3 Å². The molecule has 5 heteroatoms. The molecule has 0 aliphatic heterocycles. The minimum Gasteiger partial charge on any atom is -0.327 e. The monoisotopic (exact) mass is 208 g/mol. The lowest BCUT2D eigenvalue weighted by atomic mass is 10.0. The molecule has 0 bridgehead atoms. The van der Waals surface area contributed by atoms with Crippen molar-refractivity contribution in [3.8, 4) is 0 Å². The zero-order chi connectivity index (χ0) is 10.8. The molecule has 1 amide bonds. The van der Waals surface area contributed by atoms with Gasteiger partial charge in [0.2, 0.25) is 5.91 Å². The molecule has 0 radical (unpaired) electrons. The number of rotatable bonds is 2. The Hall–Kier alpha value is -1.36. The van der Waals surface area contributed by atoms with Crippen LogP contribution < -0.4 is 11.1 Å². The predicted octanol–water partition coefficient (Wildman–Crippen LogP) is 0.486. The molecule has 5 nitrogen and oxygen atoms in total. The smallest absolute Gasteiger partial charge is 0.230 e. The summed E-state index contributed by atoms with van der Waals surface area (Å²) < 4.78 is 1.66. The molecule has 1 fully saturated rings. The van der Waals surface area contributed by atoms with Crippen LogP contribution in [0.5, 0.6) is 0 Å². The molecule has 1 saturated carbocycles. The van der Waals surface area contributed by atoms with Crippen LogP contribution >= 0.6 is 0 Å². The summed E-state index contributed by atoms with van der Waals surface area (Å²) in [7, 11) is 1.82. The molecule has 2 rings (SSSR count). The van der Waals surface area contributed by atoms with E-state index in [1.807, 2.05) is 7.05 Å².